The normalized spacial score (nSPS) is 41.6. The molecule has 0 bridgehead atoms. The molecule has 28 atom stereocenters. The van der Waals surface area contributed by atoms with E-state index < -0.39 is 205 Å². The van der Waals surface area contributed by atoms with Crippen LogP contribution in [0.25, 0.3) is 5.73 Å². The number of aliphatic hydroxyl groups is 16. The Hall–Kier alpha value is 23.0. The molecule has 5 fully saturated rings. The topological polar surface area (TPSA) is 449 Å². The van der Waals surface area contributed by atoms with Gasteiger partial charge in [-0.2, -0.15) is 0 Å². The zero-order valence-corrected chi connectivity index (χ0v) is 124. The molecule has 17 unspecified atom stereocenters. The van der Waals surface area contributed by atoms with Gasteiger partial charge in [0.25, 0.3) is 0 Å². The predicted octanol–water partition coefficient (Wildman–Crippen LogP) is -10.2. The second-order valence-corrected chi connectivity index (χ2v) is 16.2. The number of nitrogens with one attached hydrogen (secondary N) is 1. The van der Waals surface area contributed by atoms with Gasteiger partial charge in [0.2, 0.25) is 0 Å². The first-order valence-corrected chi connectivity index (χ1v) is 20.5. The third-order valence-electron chi connectivity index (χ3n) is 12.0. The quantitative estimate of drug-likeness (QED) is 0.0724. The van der Waals surface area contributed by atoms with Crippen molar-refractivity contribution in [2.45, 2.75) is 179 Å². The Labute approximate surface area is 1080 Å². The van der Waals surface area contributed by atoms with Gasteiger partial charge in [0.1, 0.15) is 128 Å². The minimum atomic E-state index is -2.13. The van der Waals surface area contributed by atoms with Crippen LogP contribution in [0.1, 0.15) is 6.92 Å². The van der Waals surface area contributed by atoms with Crippen molar-refractivity contribution >= 4 is 0 Å². The molecule has 0 aromatic heterocycles. The number of hydrogen-bond acceptors (Lipinski definition) is 27. The van der Waals surface area contributed by atoms with Crippen molar-refractivity contribution in [3.05, 3.63) is 18.1 Å². The summed E-state index contributed by atoms with van der Waals surface area (Å²) in [4.78, 5) is 0. The molecule has 17 radical (unpaired) electrons. The molecule has 28 nitrogen and oxygen atoms in total. The summed E-state index contributed by atoms with van der Waals surface area (Å²) < 4.78 is 62.0. The van der Waals surface area contributed by atoms with Gasteiger partial charge in [0, 0.05) is 749 Å². The van der Waals surface area contributed by atoms with Crippen molar-refractivity contribution in [3.63, 3.8) is 0 Å². The number of ether oxygens (including phenoxy) is 11. The van der Waals surface area contributed by atoms with E-state index in [0.29, 0.717) is 0 Å². The van der Waals surface area contributed by atoms with Gasteiger partial charge in [-0.3, -0.25) is 0 Å². The first-order chi connectivity index (χ1) is 30.4. The van der Waals surface area contributed by atoms with Crippen molar-refractivity contribution in [2.24, 2.45) is 0 Å². The summed E-state index contributed by atoms with van der Waals surface area (Å²) in [5, 5.41) is 169. The van der Waals surface area contributed by atoms with Crippen molar-refractivity contribution < 1.29 is 883 Å². The molecule has 423 valence electrons. The van der Waals surface area contributed by atoms with Gasteiger partial charge in [-0.25, -0.2) is 0 Å². The summed E-state index contributed by atoms with van der Waals surface area (Å²) in [6.45, 7) is -3.04. The average Bonchev–Trinajstić information content (AvgIpc) is 3.28. The Morgan fingerprint density at radius 1 is 0.321 bits per heavy atom. The summed E-state index contributed by atoms with van der Waals surface area (Å²) in [7, 11) is 0. The summed E-state index contributed by atoms with van der Waals surface area (Å²) >= 11 is 0. The Morgan fingerprint density at radius 3 is 1.16 bits per heavy atom. The van der Waals surface area contributed by atoms with Gasteiger partial charge in [-0.15, -0.1) is 0 Å². The zero-order valence-electron chi connectivity index (χ0n) is 43.8. The van der Waals surface area contributed by atoms with E-state index in [1.165, 1.54) is 13.0 Å². The largest absolute Gasteiger partial charge is 0.668 e. The molecular weight excluding hydrogens is 4740 g/mol. The van der Waals surface area contributed by atoms with Gasteiger partial charge in [0.15, 0.2) is 25.2 Å². The van der Waals surface area contributed by atoms with Crippen molar-refractivity contribution in [2.75, 3.05) is 33.0 Å². The van der Waals surface area contributed by atoms with Crippen LogP contribution in [-0.4, -0.2) is 287 Å². The first kappa shape index (κ1) is 130. The minimum Gasteiger partial charge on any atom is -0.668 e. The molecule has 17 N–H and O–H groups in total. The molecular formula is C36H60Ac17NO27-. The molecule has 5 saturated heterocycles. The molecule has 0 aromatic rings. The molecule has 81 heavy (non-hydrogen) atoms. The van der Waals surface area contributed by atoms with E-state index in [2.05, 4.69) is 0 Å². The molecule has 6 rings (SSSR count). The van der Waals surface area contributed by atoms with Crippen LogP contribution >= 0.6 is 0 Å². The van der Waals surface area contributed by atoms with Crippen LogP contribution in [-0.2, 0) is 52.1 Å². The monoisotopic (exact) mass is 4800 g/mol. The van der Waals surface area contributed by atoms with E-state index in [1.54, 1.807) is 0 Å². The SMILES string of the molecule is CC1O[C@@H](OC2C(O)[C@@H](O)C(CO)O[C@H]2OC2C([NH-])[C@H](OC3C(O)[C@H](O[C@H]4C(CO)O[C@@H](O[C@@H]5C(O)C=COC5CO)C(O)C4O)OC(CO)[C@@H]3O)OC(CO)[C@@H]2O)C(O)C(O)[C@H]1O.[Ac].[Ac].[Ac].[Ac].[Ac].[Ac].[Ac].[Ac].[Ac].[Ac].[Ac].[Ac].[Ac].[Ac].[Ac].[Ac].[Ac]. The molecule has 6 heterocycles. The van der Waals surface area contributed by atoms with E-state index >= 15 is 0 Å². The molecule has 0 aliphatic carbocycles. The van der Waals surface area contributed by atoms with Gasteiger partial charge in [-0.1, -0.05) is 6.04 Å². The van der Waals surface area contributed by atoms with Crippen LogP contribution in [0.15, 0.2) is 12.3 Å². The van der Waals surface area contributed by atoms with Gasteiger partial charge < -0.3 is 140 Å². The molecule has 6 aliphatic heterocycles. The van der Waals surface area contributed by atoms with Crippen molar-refractivity contribution in [3.8, 4) is 0 Å². The summed E-state index contributed by atoms with van der Waals surface area (Å²) in [6.07, 6.45) is -45.0. The summed E-state index contributed by atoms with van der Waals surface area (Å²) in [5.74, 6) is 0. The Bertz CT molecular complexity index is 1530. The maximum absolute atomic E-state index is 11.5. The van der Waals surface area contributed by atoms with E-state index in [0.717, 1.165) is 6.26 Å². The second kappa shape index (κ2) is 68.6. The fourth-order valence-corrected chi connectivity index (χ4v) is 8.17. The van der Waals surface area contributed by atoms with Crippen LogP contribution in [0.2, 0.25) is 0 Å². The van der Waals surface area contributed by atoms with Gasteiger partial charge in [0.05, 0.1) is 51.5 Å². The van der Waals surface area contributed by atoms with E-state index in [4.69, 9.17) is 57.8 Å². The van der Waals surface area contributed by atoms with E-state index in [1.807, 2.05) is 0 Å². The van der Waals surface area contributed by atoms with Crippen molar-refractivity contribution in [1.29, 1.82) is 0 Å². The maximum Gasteiger partial charge on any atom is 0.187 e. The number of aliphatic hydroxyl groups excluding tert-OH is 16. The van der Waals surface area contributed by atoms with Gasteiger partial charge >= 0.3 is 0 Å². The summed E-state index contributed by atoms with van der Waals surface area (Å²) in [5.41, 5.74) is 9.03. The van der Waals surface area contributed by atoms with Crippen LogP contribution < -0.4 is 0 Å². The number of rotatable bonds is 15. The standard InChI is InChI=1S/C36H60NO27.17Ac/c1-9-17(44)21(48)24(51)33(55-9)64-31-22(49)18(45)11(4-38)58-36(31)62-29-16(37)32(56-12(5-39)19(29)46)63-30-20(47)13(6-40)57-35(26(30)53)61-28-15(8-42)59-34(25(52)23(28)50)60-27-10(43)2-3-54-14(27)7-41;;;;;;;;;;;;;;;;;/h2-3,9-53H,4-8H2,1H3;;;;;;;;;;;;;;;;;/q-1;;;;;;;;;;;;;;;;;/t9?,10?,11?,12?,13?,14?,15?,16?,17-,18-,19-,20-,21?,22?,23?,24?,25?,26?,27+,28-,29?,30?,31?,32-,33-,34-,35-,36-;;;;;;;;;;;;;;;;;/m0................./s1. The average molecular weight is 4800 g/mol. The van der Waals surface area contributed by atoms with Crippen molar-refractivity contribution in [1.82, 2.24) is 0 Å². The Kier molecular flexibility index (Phi) is 110. The fraction of sp³-hybridized carbons (Fsp3) is 0.944. The third-order valence-corrected chi connectivity index (χ3v) is 12.0. The molecule has 0 amide bonds. The predicted molar refractivity (Wildman–Crippen MR) is 197 cm³/mol. The molecule has 0 saturated carbocycles. The number of hydrogen-bond donors (Lipinski definition) is 16. The molecule has 45 heteroatoms. The Balaban J connectivity index is -0.000000280. The van der Waals surface area contributed by atoms with Crippen LogP contribution in [0.5, 0.6) is 0 Å². The van der Waals surface area contributed by atoms with E-state index in [9.17, 15) is 81.7 Å². The second-order valence-electron chi connectivity index (χ2n) is 16.2. The first-order valence-electron chi connectivity index (χ1n) is 20.5. The van der Waals surface area contributed by atoms with Crippen LogP contribution in [0.3, 0.4) is 0 Å². The molecule has 0 aromatic carbocycles. The summed E-state index contributed by atoms with van der Waals surface area (Å²) in [6, 6.07) is -1.95. The minimum absolute atomic E-state index is 0. The fourth-order valence-electron chi connectivity index (χ4n) is 8.17. The molecule has 6 aliphatic rings. The van der Waals surface area contributed by atoms with Crippen LogP contribution in [0, 0.1) is 749 Å². The third kappa shape index (κ3) is 37.7. The maximum atomic E-state index is 11.5. The molecule has 0 spiro atoms. The zero-order chi connectivity index (χ0) is 46.9. The van der Waals surface area contributed by atoms with Crippen LogP contribution in [0.4, 0.5) is 0 Å². The smallest absolute Gasteiger partial charge is 0.187 e. The van der Waals surface area contributed by atoms with Gasteiger partial charge in [-0.05, 0) is 13.0 Å². The Morgan fingerprint density at radius 2 is 0.667 bits per heavy atom. The van der Waals surface area contributed by atoms with E-state index in [-0.39, 0.29) is 749 Å².